The number of anilines is 1. The molecule has 22 heavy (non-hydrogen) atoms. The van der Waals surface area contributed by atoms with E-state index in [0.29, 0.717) is 10.9 Å². The summed E-state index contributed by atoms with van der Waals surface area (Å²) in [6, 6.07) is 7.57. The molecule has 1 saturated heterocycles. The minimum Gasteiger partial charge on any atom is -0.363 e. The maximum absolute atomic E-state index is 11.9. The Bertz CT molecular complexity index is 751. The van der Waals surface area contributed by atoms with Crippen LogP contribution in [-0.2, 0) is 9.84 Å². The summed E-state index contributed by atoms with van der Waals surface area (Å²) >= 11 is 1.68. The van der Waals surface area contributed by atoms with E-state index in [1.165, 1.54) is 0 Å². The first-order valence-corrected chi connectivity index (χ1v) is 10.1. The molecule has 1 atom stereocenters. The van der Waals surface area contributed by atoms with Gasteiger partial charge in [-0.15, -0.1) is 11.3 Å². The molecule has 0 N–H and O–H groups in total. The quantitative estimate of drug-likeness (QED) is 0.856. The van der Waals surface area contributed by atoms with Crippen molar-refractivity contribution < 1.29 is 8.42 Å². The van der Waals surface area contributed by atoms with Gasteiger partial charge in [0.15, 0.2) is 9.84 Å². The van der Waals surface area contributed by atoms with Crippen molar-refractivity contribution in [2.24, 2.45) is 0 Å². The molecule has 3 rings (SSSR count). The lowest BCUT2D eigenvalue weighted by atomic mass is 10.1. The van der Waals surface area contributed by atoms with Gasteiger partial charge in [-0.05, 0) is 44.0 Å². The smallest absolute Gasteiger partial charge is 0.178 e. The van der Waals surface area contributed by atoms with Gasteiger partial charge in [0.25, 0.3) is 0 Å². The first kappa shape index (κ1) is 15.5. The topological polar surface area (TPSA) is 50.3 Å². The molecule has 2 heterocycles. The van der Waals surface area contributed by atoms with E-state index >= 15 is 0 Å². The summed E-state index contributed by atoms with van der Waals surface area (Å²) in [6.45, 7) is 4.68. The third-order valence-electron chi connectivity index (χ3n) is 4.14. The molecule has 2 aromatic rings. The van der Waals surface area contributed by atoms with Crippen LogP contribution >= 0.6 is 11.3 Å². The van der Waals surface area contributed by atoms with Crippen LogP contribution in [-0.4, -0.2) is 25.7 Å². The zero-order chi connectivity index (χ0) is 15.7. The summed E-state index contributed by atoms with van der Waals surface area (Å²) in [4.78, 5) is 7.35. The second kappa shape index (κ2) is 6.01. The predicted molar refractivity (Wildman–Crippen MR) is 90.3 cm³/mol. The van der Waals surface area contributed by atoms with Gasteiger partial charge in [-0.3, -0.25) is 0 Å². The number of hydrogen-bond donors (Lipinski definition) is 0. The maximum Gasteiger partial charge on any atom is 0.178 e. The fourth-order valence-electron chi connectivity index (χ4n) is 2.93. The zero-order valence-corrected chi connectivity index (χ0v) is 14.5. The number of sulfone groups is 1. The van der Waals surface area contributed by atoms with E-state index < -0.39 is 9.84 Å². The molecule has 0 spiro atoms. The van der Waals surface area contributed by atoms with Crippen molar-refractivity contribution in [1.82, 2.24) is 4.98 Å². The van der Waals surface area contributed by atoms with Crippen molar-refractivity contribution in [2.75, 3.05) is 17.2 Å². The second-order valence-electron chi connectivity index (χ2n) is 5.54. The van der Waals surface area contributed by atoms with Crippen molar-refractivity contribution in [3.05, 3.63) is 40.3 Å². The van der Waals surface area contributed by atoms with Crippen LogP contribution in [0.2, 0.25) is 0 Å². The van der Waals surface area contributed by atoms with Crippen molar-refractivity contribution in [2.45, 2.75) is 37.6 Å². The highest BCUT2D eigenvalue weighted by atomic mass is 32.2. The fourth-order valence-corrected chi connectivity index (χ4v) is 4.47. The van der Waals surface area contributed by atoms with Gasteiger partial charge in [-0.1, -0.05) is 6.92 Å². The SMILES string of the molecule is CCS(=O)(=O)c1ccc(N2CCC[C@H]2c2csc(C)n2)cc1. The molecular weight excluding hydrogens is 316 g/mol. The third-order valence-corrected chi connectivity index (χ3v) is 6.68. The van der Waals surface area contributed by atoms with Crippen LogP contribution in [0, 0.1) is 6.92 Å². The lowest BCUT2D eigenvalue weighted by Crippen LogP contribution is -2.22. The molecule has 1 aliphatic heterocycles. The standard InChI is InChI=1S/C16H20N2O2S2/c1-3-22(19,20)14-8-6-13(7-9-14)18-10-4-5-16(18)15-11-21-12(2)17-15/h6-9,11,16H,3-5,10H2,1-2H3/t16-/m0/s1. The molecule has 1 fully saturated rings. The predicted octanol–water partition coefficient (Wildman–Crippen LogP) is 3.59. The lowest BCUT2D eigenvalue weighted by Gasteiger charge is -2.25. The molecule has 0 radical (unpaired) electrons. The number of thiazole rings is 1. The minimum absolute atomic E-state index is 0.136. The number of hydrogen-bond acceptors (Lipinski definition) is 5. The van der Waals surface area contributed by atoms with Gasteiger partial charge in [-0.25, -0.2) is 13.4 Å². The first-order chi connectivity index (χ1) is 10.5. The Morgan fingerprint density at radius 2 is 2.05 bits per heavy atom. The molecule has 0 amide bonds. The van der Waals surface area contributed by atoms with Crippen LogP contribution in [0.25, 0.3) is 0 Å². The average Bonchev–Trinajstić information content (AvgIpc) is 3.16. The van der Waals surface area contributed by atoms with Crippen molar-refractivity contribution in [1.29, 1.82) is 0 Å². The van der Waals surface area contributed by atoms with E-state index in [-0.39, 0.29) is 5.75 Å². The van der Waals surface area contributed by atoms with E-state index in [1.807, 2.05) is 19.1 Å². The Hall–Kier alpha value is -1.40. The molecule has 0 bridgehead atoms. The normalized spacial score (nSPS) is 18.8. The largest absolute Gasteiger partial charge is 0.363 e. The van der Waals surface area contributed by atoms with Gasteiger partial charge in [-0.2, -0.15) is 0 Å². The number of benzene rings is 1. The van der Waals surface area contributed by atoms with Gasteiger partial charge in [0.05, 0.1) is 27.4 Å². The van der Waals surface area contributed by atoms with Crippen LogP contribution in [0.4, 0.5) is 5.69 Å². The average molecular weight is 336 g/mol. The Labute approximate surface area is 135 Å². The lowest BCUT2D eigenvalue weighted by molar-refractivity contribution is 0.597. The monoisotopic (exact) mass is 336 g/mol. The molecule has 1 aromatic carbocycles. The molecule has 0 unspecified atom stereocenters. The summed E-state index contributed by atoms with van der Waals surface area (Å²) in [6.07, 6.45) is 2.23. The summed E-state index contributed by atoms with van der Waals surface area (Å²) in [5, 5.41) is 3.22. The Balaban J connectivity index is 1.87. The van der Waals surface area contributed by atoms with Crippen LogP contribution in [0.15, 0.2) is 34.5 Å². The summed E-state index contributed by atoms with van der Waals surface area (Å²) in [5.41, 5.74) is 2.20. The Kier molecular flexibility index (Phi) is 4.23. The van der Waals surface area contributed by atoms with Crippen molar-refractivity contribution in [3.63, 3.8) is 0 Å². The molecule has 6 heteroatoms. The van der Waals surface area contributed by atoms with Gasteiger partial charge >= 0.3 is 0 Å². The minimum atomic E-state index is -3.13. The van der Waals surface area contributed by atoms with E-state index in [9.17, 15) is 8.42 Å². The first-order valence-electron chi connectivity index (χ1n) is 7.53. The van der Waals surface area contributed by atoms with E-state index in [2.05, 4.69) is 15.3 Å². The van der Waals surface area contributed by atoms with Crippen LogP contribution in [0.1, 0.15) is 36.5 Å². The van der Waals surface area contributed by atoms with Crippen LogP contribution < -0.4 is 4.90 Å². The summed E-state index contributed by atoms with van der Waals surface area (Å²) in [5.74, 6) is 0.136. The van der Waals surface area contributed by atoms with Crippen LogP contribution in [0.3, 0.4) is 0 Å². The van der Waals surface area contributed by atoms with E-state index in [0.717, 1.165) is 35.8 Å². The highest BCUT2D eigenvalue weighted by Gasteiger charge is 2.28. The number of nitrogens with zero attached hydrogens (tertiary/aromatic N) is 2. The summed E-state index contributed by atoms with van der Waals surface area (Å²) in [7, 11) is -3.13. The highest BCUT2D eigenvalue weighted by molar-refractivity contribution is 7.91. The molecule has 118 valence electrons. The number of aromatic nitrogens is 1. The van der Waals surface area contributed by atoms with Gasteiger partial charge < -0.3 is 4.90 Å². The molecular formula is C16H20N2O2S2. The van der Waals surface area contributed by atoms with Crippen molar-refractivity contribution in [3.8, 4) is 0 Å². The van der Waals surface area contributed by atoms with Crippen LogP contribution in [0.5, 0.6) is 0 Å². The van der Waals surface area contributed by atoms with E-state index in [4.69, 9.17) is 0 Å². The fraction of sp³-hybridized carbons (Fsp3) is 0.438. The third kappa shape index (κ3) is 2.90. The molecule has 4 nitrogen and oxygen atoms in total. The number of aryl methyl sites for hydroxylation is 1. The van der Waals surface area contributed by atoms with Crippen molar-refractivity contribution >= 4 is 26.9 Å². The maximum atomic E-state index is 11.9. The number of rotatable bonds is 4. The summed E-state index contributed by atoms with van der Waals surface area (Å²) < 4.78 is 23.8. The highest BCUT2D eigenvalue weighted by Crippen LogP contribution is 2.36. The van der Waals surface area contributed by atoms with Gasteiger partial charge in [0, 0.05) is 17.6 Å². The van der Waals surface area contributed by atoms with Gasteiger partial charge in [0.1, 0.15) is 0 Å². The molecule has 0 saturated carbocycles. The Morgan fingerprint density at radius 3 is 2.64 bits per heavy atom. The zero-order valence-electron chi connectivity index (χ0n) is 12.8. The second-order valence-corrected chi connectivity index (χ2v) is 8.88. The molecule has 1 aliphatic rings. The molecule has 0 aliphatic carbocycles. The van der Waals surface area contributed by atoms with E-state index in [1.54, 1.807) is 30.4 Å². The Morgan fingerprint density at radius 1 is 1.32 bits per heavy atom. The molecule has 1 aromatic heterocycles. The van der Waals surface area contributed by atoms with Gasteiger partial charge in [0.2, 0.25) is 0 Å².